The highest BCUT2D eigenvalue weighted by Crippen LogP contribution is 2.44. The van der Waals surface area contributed by atoms with Crippen molar-refractivity contribution in [2.45, 2.75) is 34.6 Å². The average molecular weight is 449 g/mol. The van der Waals surface area contributed by atoms with E-state index in [4.69, 9.17) is 0 Å². The molecule has 1 N–H and O–H groups in total. The molecule has 2 aliphatic heterocycles. The molecule has 2 aromatic rings. The number of likely N-dealkylation sites (tertiary alicyclic amines) is 1. The fourth-order valence-electron chi connectivity index (χ4n) is 4.24. The molecule has 2 fully saturated rings. The first kappa shape index (κ1) is 18.7. The smallest absolute Gasteiger partial charge is 0.242 e. The second kappa shape index (κ2) is 6.72. The molecule has 0 aromatic heterocycles. The van der Waals surface area contributed by atoms with Gasteiger partial charge in [0, 0.05) is 18.1 Å². The molecular formula is C20H21BrN2O3S. The zero-order chi connectivity index (χ0) is 19.2. The molecule has 5 nitrogen and oxygen atoms in total. The Morgan fingerprint density at radius 2 is 1.89 bits per heavy atom. The number of hydrogen-bond acceptors (Lipinski definition) is 4. The summed E-state index contributed by atoms with van der Waals surface area (Å²) >= 11 is 3.47. The summed E-state index contributed by atoms with van der Waals surface area (Å²) in [6.07, 6.45) is 0.901. The van der Waals surface area contributed by atoms with Gasteiger partial charge in [0.2, 0.25) is 5.91 Å². The predicted molar refractivity (Wildman–Crippen MR) is 107 cm³/mol. The van der Waals surface area contributed by atoms with E-state index < -0.39 is 26.7 Å². The van der Waals surface area contributed by atoms with Crippen LogP contribution in [0.25, 0.3) is 0 Å². The maximum Gasteiger partial charge on any atom is 0.242 e. The lowest BCUT2D eigenvalue weighted by Crippen LogP contribution is -2.47. The standard InChI is InChI=1S/C20H21BrN2O3S/c1-23-11-10-20(19(23)24)13-17(27(25,26)16-8-3-2-4-9-16)18(22-20)14-6-5-7-15(21)12-14/h2-9,12,17-18,22H,10-11,13H2,1H3/t17-,18-,20-/m1/s1. The summed E-state index contributed by atoms with van der Waals surface area (Å²) in [6.45, 7) is 0.634. The van der Waals surface area contributed by atoms with Gasteiger partial charge in [-0.3, -0.25) is 10.1 Å². The molecule has 1 spiro atoms. The molecule has 27 heavy (non-hydrogen) atoms. The Labute approximate surface area is 167 Å². The maximum atomic E-state index is 13.5. The van der Waals surface area contributed by atoms with Crippen molar-refractivity contribution < 1.29 is 13.2 Å². The van der Waals surface area contributed by atoms with Crippen LogP contribution < -0.4 is 5.32 Å². The number of hydrogen-bond donors (Lipinski definition) is 1. The van der Waals surface area contributed by atoms with E-state index in [0.717, 1.165) is 10.0 Å². The minimum absolute atomic E-state index is 0.0201. The largest absolute Gasteiger partial charge is 0.344 e. The summed E-state index contributed by atoms with van der Waals surface area (Å²) in [5.74, 6) is -0.0201. The minimum Gasteiger partial charge on any atom is -0.344 e. The quantitative estimate of drug-likeness (QED) is 0.783. The Morgan fingerprint density at radius 1 is 1.15 bits per heavy atom. The van der Waals surface area contributed by atoms with Gasteiger partial charge in [0.05, 0.1) is 16.2 Å². The van der Waals surface area contributed by atoms with Crippen molar-refractivity contribution >= 4 is 31.7 Å². The van der Waals surface area contributed by atoms with Gasteiger partial charge < -0.3 is 4.90 Å². The fraction of sp³-hybridized carbons (Fsp3) is 0.350. The van der Waals surface area contributed by atoms with Crippen LogP contribution in [0.3, 0.4) is 0 Å². The van der Waals surface area contributed by atoms with Gasteiger partial charge in [0.1, 0.15) is 5.54 Å². The molecule has 142 valence electrons. The zero-order valence-corrected chi connectivity index (χ0v) is 17.3. The first-order valence-electron chi connectivity index (χ1n) is 8.91. The summed E-state index contributed by atoms with van der Waals surface area (Å²) in [4.78, 5) is 14.8. The lowest BCUT2D eigenvalue weighted by Gasteiger charge is -2.23. The van der Waals surface area contributed by atoms with E-state index in [2.05, 4.69) is 21.2 Å². The normalized spacial score (nSPS) is 28.2. The second-order valence-electron chi connectivity index (χ2n) is 7.34. The highest BCUT2D eigenvalue weighted by Gasteiger charge is 2.57. The summed E-state index contributed by atoms with van der Waals surface area (Å²) in [5, 5.41) is 2.72. The third-order valence-corrected chi connectivity index (χ3v) is 8.32. The summed E-state index contributed by atoms with van der Waals surface area (Å²) in [7, 11) is -1.83. The Bertz CT molecular complexity index is 980. The zero-order valence-electron chi connectivity index (χ0n) is 14.9. The van der Waals surface area contributed by atoms with Crippen molar-refractivity contribution in [2.75, 3.05) is 13.6 Å². The Balaban J connectivity index is 1.80. The van der Waals surface area contributed by atoms with Gasteiger partial charge >= 0.3 is 0 Å². The molecule has 0 bridgehead atoms. The molecule has 2 aromatic carbocycles. The van der Waals surface area contributed by atoms with Crippen LogP contribution in [0.4, 0.5) is 0 Å². The molecule has 0 unspecified atom stereocenters. The third kappa shape index (κ3) is 3.11. The molecule has 4 rings (SSSR count). The number of sulfone groups is 1. The van der Waals surface area contributed by atoms with Crippen molar-refractivity contribution in [1.29, 1.82) is 0 Å². The SMILES string of the molecule is CN1CC[C@@]2(C[C@@H](S(=O)(=O)c3ccccc3)[C@@H](c3cccc(Br)c3)N2)C1=O. The molecule has 7 heteroatoms. The van der Waals surface area contributed by atoms with Crippen LogP contribution in [0.5, 0.6) is 0 Å². The molecule has 0 aliphatic carbocycles. The third-order valence-electron chi connectivity index (χ3n) is 5.66. The van der Waals surface area contributed by atoms with E-state index in [-0.39, 0.29) is 12.3 Å². The number of rotatable bonds is 3. The number of benzene rings is 2. The molecular weight excluding hydrogens is 428 g/mol. The Hall–Kier alpha value is -1.70. The van der Waals surface area contributed by atoms with Gasteiger partial charge in [-0.15, -0.1) is 0 Å². The predicted octanol–water partition coefficient (Wildman–Crippen LogP) is 2.93. The van der Waals surface area contributed by atoms with Gasteiger partial charge in [0.25, 0.3) is 0 Å². The topological polar surface area (TPSA) is 66.5 Å². The highest BCUT2D eigenvalue weighted by molar-refractivity contribution is 9.10. The molecule has 2 saturated heterocycles. The molecule has 2 heterocycles. The van der Waals surface area contributed by atoms with Crippen molar-refractivity contribution in [1.82, 2.24) is 10.2 Å². The van der Waals surface area contributed by atoms with Crippen molar-refractivity contribution in [3.8, 4) is 0 Å². The number of carbonyl (C=O) groups excluding carboxylic acids is 1. The van der Waals surface area contributed by atoms with Gasteiger partial charge in [0.15, 0.2) is 9.84 Å². The van der Waals surface area contributed by atoms with Crippen LogP contribution in [-0.4, -0.2) is 43.6 Å². The van der Waals surface area contributed by atoms with E-state index in [1.807, 2.05) is 24.3 Å². The van der Waals surface area contributed by atoms with Gasteiger partial charge in [-0.1, -0.05) is 46.3 Å². The van der Waals surface area contributed by atoms with E-state index in [9.17, 15) is 13.2 Å². The highest BCUT2D eigenvalue weighted by atomic mass is 79.9. The average Bonchev–Trinajstić information content (AvgIpc) is 3.20. The fourth-order valence-corrected chi connectivity index (χ4v) is 6.63. The van der Waals surface area contributed by atoms with Crippen LogP contribution >= 0.6 is 15.9 Å². The van der Waals surface area contributed by atoms with E-state index in [1.54, 1.807) is 42.3 Å². The number of carbonyl (C=O) groups is 1. The van der Waals surface area contributed by atoms with Crippen LogP contribution in [0, 0.1) is 0 Å². The summed E-state index contributed by atoms with van der Waals surface area (Å²) in [5.41, 5.74) is 0.0574. The number of nitrogens with zero attached hydrogens (tertiary/aromatic N) is 1. The second-order valence-corrected chi connectivity index (χ2v) is 10.4. The van der Waals surface area contributed by atoms with E-state index in [1.165, 1.54) is 0 Å². The molecule has 3 atom stereocenters. The monoisotopic (exact) mass is 448 g/mol. The van der Waals surface area contributed by atoms with Crippen molar-refractivity contribution in [3.63, 3.8) is 0 Å². The lowest BCUT2D eigenvalue weighted by molar-refractivity contribution is -0.131. The summed E-state index contributed by atoms with van der Waals surface area (Å²) < 4.78 is 27.8. The van der Waals surface area contributed by atoms with Crippen molar-refractivity contribution in [3.05, 3.63) is 64.6 Å². The van der Waals surface area contributed by atoms with Gasteiger partial charge in [-0.25, -0.2) is 8.42 Å². The number of halogens is 1. The van der Waals surface area contributed by atoms with E-state index >= 15 is 0 Å². The number of likely N-dealkylation sites (N-methyl/N-ethyl adjacent to an activating group) is 1. The molecule has 2 aliphatic rings. The Kier molecular flexibility index (Phi) is 4.64. The molecule has 0 saturated carbocycles. The van der Waals surface area contributed by atoms with Gasteiger partial charge in [-0.2, -0.15) is 0 Å². The lowest BCUT2D eigenvalue weighted by atomic mass is 9.95. The number of nitrogens with one attached hydrogen (secondary N) is 1. The van der Waals surface area contributed by atoms with Crippen LogP contribution in [0.15, 0.2) is 64.0 Å². The number of amides is 1. The first-order chi connectivity index (χ1) is 12.8. The first-order valence-corrected chi connectivity index (χ1v) is 11.3. The van der Waals surface area contributed by atoms with Crippen LogP contribution in [0.2, 0.25) is 0 Å². The minimum atomic E-state index is -3.60. The Morgan fingerprint density at radius 3 is 2.52 bits per heavy atom. The molecule has 1 amide bonds. The van der Waals surface area contributed by atoms with Crippen LogP contribution in [-0.2, 0) is 14.6 Å². The van der Waals surface area contributed by atoms with E-state index in [0.29, 0.717) is 17.9 Å². The van der Waals surface area contributed by atoms with Gasteiger partial charge in [-0.05, 0) is 42.7 Å². The maximum absolute atomic E-state index is 13.5. The summed E-state index contributed by atoms with van der Waals surface area (Å²) in [6, 6.07) is 15.7. The molecule has 0 radical (unpaired) electrons. The van der Waals surface area contributed by atoms with Crippen molar-refractivity contribution in [2.24, 2.45) is 0 Å². The van der Waals surface area contributed by atoms with Crippen LogP contribution in [0.1, 0.15) is 24.4 Å².